The van der Waals surface area contributed by atoms with E-state index in [2.05, 4.69) is 179 Å². The minimum absolute atomic E-state index is 0.0834. The number of carbonyl (C=O) groups is 3. The zero-order valence-electron chi connectivity index (χ0n) is 72.7. The molecule has 0 aliphatic carbocycles. The molecule has 0 amide bonds. The number of aliphatic hydroxyl groups is 2. The van der Waals surface area contributed by atoms with Crippen LogP contribution in [0.2, 0.25) is 0 Å². The van der Waals surface area contributed by atoms with Gasteiger partial charge in [-0.15, -0.1) is 0 Å². The van der Waals surface area contributed by atoms with Gasteiger partial charge in [-0.2, -0.15) is 0 Å². The molecule has 0 radical (unpaired) electrons. The van der Waals surface area contributed by atoms with Crippen LogP contribution in [0.3, 0.4) is 0 Å². The van der Waals surface area contributed by atoms with Gasteiger partial charge in [-0.05, 0) is 148 Å². The van der Waals surface area contributed by atoms with Crippen molar-refractivity contribution in [1.29, 1.82) is 0 Å². The van der Waals surface area contributed by atoms with E-state index < -0.39 is 91.5 Å². The molecule has 0 spiro atoms. The van der Waals surface area contributed by atoms with Crippen LogP contribution in [0.15, 0.2) is 158 Å². The molecule has 0 aromatic rings. The molecule has 0 bridgehead atoms. The van der Waals surface area contributed by atoms with Gasteiger partial charge in [0.15, 0.2) is 6.10 Å². The monoisotopic (exact) mass is 1650 g/mol. The van der Waals surface area contributed by atoms with Crippen molar-refractivity contribution in [1.82, 2.24) is 0 Å². The lowest BCUT2D eigenvalue weighted by Gasteiger charge is -2.21. The number of phosphoric ester groups is 2. The lowest BCUT2D eigenvalue weighted by atomic mass is 10.0. The molecule has 0 aliphatic heterocycles. The van der Waals surface area contributed by atoms with Gasteiger partial charge in [0.05, 0.1) is 26.4 Å². The summed E-state index contributed by atoms with van der Waals surface area (Å²) in [5, 5.41) is 20.7. The predicted molar refractivity (Wildman–Crippen MR) is 482 cm³/mol. The quantitative estimate of drug-likeness (QED) is 0.0146. The molecule has 4 N–H and O–H groups in total. The van der Waals surface area contributed by atoms with Crippen molar-refractivity contribution in [2.24, 2.45) is 0 Å². The Morgan fingerprint density at radius 1 is 0.252 bits per heavy atom. The van der Waals surface area contributed by atoms with Gasteiger partial charge in [0, 0.05) is 19.3 Å². The first-order valence-electron chi connectivity index (χ1n) is 45.8. The number of phosphoric acid groups is 2. The third-order valence-corrected chi connectivity index (χ3v) is 21.1. The van der Waals surface area contributed by atoms with Crippen molar-refractivity contribution in [3.8, 4) is 0 Å². The fraction of sp³-hybridized carbons (Fsp3) is 0.701. The van der Waals surface area contributed by atoms with E-state index in [0.717, 1.165) is 154 Å². The average Bonchev–Trinajstić information content (AvgIpc) is 0.898. The largest absolute Gasteiger partial charge is 0.472 e. The van der Waals surface area contributed by atoms with Crippen molar-refractivity contribution in [2.45, 2.75) is 399 Å². The normalized spacial score (nSPS) is 14.5. The first-order chi connectivity index (χ1) is 56.2. The molecule has 0 fully saturated rings. The van der Waals surface area contributed by atoms with Gasteiger partial charge >= 0.3 is 33.6 Å². The third kappa shape index (κ3) is 89.8. The molecular formula is C97H166O16P2. The highest BCUT2D eigenvalue weighted by Crippen LogP contribution is 2.45. The molecule has 0 heterocycles. The molecular weight excluding hydrogens is 1480 g/mol. The van der Waals surface area contributed by atoms with E-state index >= 15 is 0 Å². The van der Waals surface area contributed by atoms with Crippen molar-refractivity contribution in [2.75, 3.05) is 39.6 Å². The number of rotatable bonds is 86. The number of carbonyl (C=O) groups excluding carboxylic acids is 3. The van der Waals surface area contributed by atoms with E-state index in [0.29, 0.717) is 19.3 Å². The molecule has 115 heavy (non-hydrogen) atoms. The maximum Gasteiger partial charge on any atom is 0.472 e. The topological polar surface area (TPSA) is 231 Å². The van der Waals surface area contributed by atoms with Crippen LogP contribution in [-0.2, 0) is 55.8 Å². The minimum atomic E-state index is -4.94. The second-order valence-electron chi connectivity index (χ2n) is 30.3. The van der Waals surface area contributed by atoms with Crippen molar-refractivity contribution < 1.29 is 75.8 Å². The summed E-state index contributed by atoms with van der Waals surface area (Å²) in [6.07, 6.45) is 113. The van der Waals surface area contributed by atoms with E-state index in [-0.39, 0.29) is 19.3 Å². The van der Waals surface area contributed by atoms with Crippen LogP contribution in [0.4, 0.5) is 0 Å². The van der Waals surface area contributed by atoms with E-state index in [4.69, 9.17) is 32.3 Å². The average molecular weight is 1650 g/mol. The molecule has 0 aromatic heterocycles. The van der Waals surface area contributed by atoms with Crippen LogP contribution in [0.25, 0.3) is 0 Å². The number of ether oxygens (including phenoxy) is 3. The highest BCUT2D eigenvalue weighted by Gasteiger charge is 2.29. The fourth-order valence-corrected chi connectivity index (χ4v) is 13.9. The molecule has 0 aromatic carbocycles. The molecule has 0 rings (SSSR count). The SMILES string of the molecule is CC/C=C\C/C=C\C/C=C\C/C=C\C/C=C\C/C=C\CCCCCCCCCCCCCCCCC(=O)OCC(O)COP(=O)(O)OCC(O)COP(=O)(O)OCC(COC(=O)CCCCCCCCCCCCCCCCC/C=C\C/C=C\C/C=C\C/C=C\CCCCC)OC(=O)CCCCCCC/C=C\C/C=C\C/C=C\CC. The molecule has 0 saturated carbocycles. The highest BCUT2D eigenvalue weighted by atomic mass is 31.2. The Morgan fingerprint density at radius 3 is 0.730 bits per heavy atom. The predicted octanol–water partition coefficient (Wildman–Crippen LogP) is 28.1. The molecule has 5 unspecified atom stereocenters. The maximum absolute atomic E-state index is 13.0. The molecule has 18 heteroatoms. The van der Waals surface area contributed by atoms with Gasteiger partial charge in [-0.25, -0.2) is 9.13 Å². The van der Waals surface area contributed by atoms with Crippen LogP contribution in [-0.4, -0.2) is 95.9 Å². The standard InChI is InChI=1S/C97H166O16P2/c1-4-7-10-13-16-19-22-25-28-30-32-34-36-38-40-42-44-45-47-49-50-52-54-56-58-60-63-65-68-71-74-77-80-83-95(100)107-86-92(98)87-109-114(103,104)110-88-93(99)89-111-115(105,106)112-91-94(113-97(102)85-82-79-76-73-70-67-62-27-24-21-18-15-12-9-6-3)90-108-96(101)84-81-78-75-72-69-66-64-61-59-57-55-53-51-48-46-43-41-39-37-35-33-31-29-26-23-20-17-14-11-8-5-2/h7,9-10,12,16-21,25-29,32-35,38-41,44-45,62,92-94,98-99H,4-6,8,11,13-15,22-24,30-31,36-37,42-43,46-61,63-91H2,1-3H3,(H,103,104)(H,105,106)/b10-7-,12-9-,19-16-,20-17-,21-18-,28-25-,29-26-,34-32-,35-33-,40-38-,41-39-,45-44-,62-27-. The summed E-state index contributed by atoms with van der Waals surface area (Å²) >= 11 is 0. The van der Waals surface area contributed by atoms with Crippen molar-refractivity contribution in [3.63, 3.8) is 0 Å². The fourth-order valence-electron chi connectivity index (χ4n) is 12.3. The highest BCUT2D eigenvalue weighted by molar-refractivity contribution is 7.47. The Hall–Kier alpha value is -4.83. The maximum atomic E-state index is 13.0. The Bertz CT molecular complexity index is 2720. The molecule has 0 saturated heterocycles. The van der Waals surface area contributed by atoms with E-state index in [1.807, 2.05) is 0 Å². The summed E-state index contributed by atoms with van der Waals surface area (Å²) in [6.45, 7) is 2.45. The van der Waals surface area contributed by atoms with Crippen LogP contribution in [0.1, 0.15) is 380 Å². The Labute approximate surface area is 701 Å². The smallest absolute Gasteiger partial charge is 0.463 e. The summed E-state index contributed by atoms with van der Waals surface area (Å²) in [5.74, 6) is -1.59. The first kappa shape index (κ1) is 110. The van der Waals surface area contributed by atoms with E-state index in [1.165, 1.54) is 167 Å². The van der Waals surface area contributed by atoms with Gasteiger partial charge in [-0.1, -0.05) is 371 Å². The Morgan fingerprint density at radius 2 is 0.461 bits per heavy atom. The summed E-state index contributed by atoms with van der Waals surface area (Å²) in [6, 6.07) is 0. The van der Waals surface area contributed by atoms with Gasteiger partial charge in [-0.3, -0.25) is 32.5 Å². The Balaban J connectivity index is 4.46. The lowest BCUT2D eigenvalue weighted by Crippen LogP contribution is -2.30. The Kier molecular flexibility index (Phi) is 84.7. The molecule has 5 atom stereocenters. The lowest BCUT2D eigenvalue weighted by molar-refractivity contribution is -0.161. The summed E-state index contributed by atoms with van der Waals surface area (Å²) in [7, 11) is -9.81. The number of hydrogen-bond donors (Lipinski definition) is 4. The van der Waals surface area contributed by atoms with Gasteiger partial charge in [0.25, 0.3) is 0 Å². The number of hydrogen-bond acceptors (Lipinski definition) is 14. The summed E-state index contributed by atoms with van der Waals surface area (Å²) in [4.78, 5) is 58.9. The first-order valence-corrected chi connectivity index (χ1v) is 48.8. The second kappa shape index (κ2) is 88.5. The van der Waals surface area contributed by atoms with Crippen LogP contribution in [0.5, 0.6) is 0 Å². The van der Waals surface area contributed by atoms with Crippen LogP contribution >= 0.6 is 15.6 Å². The number of aliphatic hydroxyl groups excluding tert-OH is 2. The van der Waals surface area contributed by atoms with Gasteiger partial charge in [0.1, 0.15) is 25.4 Å². The third-order valence-electron chi connectivity index (χ3n) is 19.2. The van der Waals surface area contributed by atoms with Crippen LogP contribution in [0, 0.1) is 0 Å². The summed E-state index contributed by atoms with van der Waals surface area (Å²) < 4.78 is 61.4. The molecule has 660 valence electrons. The van der Waals surface area contributed by atoms with Crippen molar-refractivity contribution in [3.05, 3.63) is 158 Å². The molecule has 0 aliphatic rings. The van der Waals surface area contributed by atoms with Gasteiger partial charge < -0.3 is 34.2 Å². The van der Waals surface area contributed by atoms with E-state index in [9.17, 15) is 43.5 Å². The number of esters is 3. The zero-order chi connectivity index (χ0) is 83.6. The number of allylic oxidation sites excluding steroid dienone is 26. The second-order valence-corrected chi connectivity index (χ2v) is 33.2. The van der Waals surface area contributed by atoms with Crippen LogP contribution < -0.4 is 0 Å². The van der Waals surface area contributed by atoms with Crippen molar-refractivity contribution >= 4 is 33.6 Å². The number of unbranched alkanes of at least 4 members (excludes halogenated alkanes) is 37. The van der Waals surface area contributed by atoms with Gasteiger partial charge in [0.2, 0.25) is 0 Å². The zero-order valence-corrected chi connectivity index (χ0v) is 74.5. The van der Waals surface area contributed by atoms with E-state index in [1.54, 1.807) is 0 Å². The molecule has 16 nitrogen and oxygen atoms in total. The summed E-state index contributed by atoms with van der Waals surface area (Å²) in [5.41, 5.74) is 0. The minimum Gasteiger partial charge on any atom is -0.463 e.